The first-order valence-electron chi connectivity index (χ1n) is 5.87. The molecule has 16 heavy (non-hydrogen) atoms. The van der Waals surface area contributed by atoms with E-state index in [2.05, 4.69) is 26.1 Å². The predicted molar refractivity (Wildman–Crippen MR) is 69.9 cm³/mol. The molecule has 0 saturated carbocycles. The second-order valence-corrected chi connectivity index (χ2v) is 5.55. The van der Waals surface area contributed by atoms with Crippen LogP contribution in [0.4, 0.5) is 0 Å². The van der Waals surface area contributed by atoms with Gasteiger partial charge in [-0.25, -0.2) is 0 Å². The average Bonchev–Trinajstić information content (AvgIpc) is 2.17. The van der Waals surface area contributed by atoms with Crippen LogP contribution in [-0.4, -0.2) is 37.5 Å². The summed E-state index contributed by atoms with van der Waals surface area (Å²) in [5.74, 6) is 1.00. The Hall–Kier alpha value is -0.280. The number of piperidine rings is 1. The Kier molecular flexibility index (Phi) is 6.34. The quantitative estimate of drug-likeness (QED) is 0.810. The number of carbonyl (C=O) groups is 1. The van der Waals surface area contributed by atoms with Gasteiger partial charge in [0.15, 0.2) is 0 Å². The fourth-order valence-corrected chi connectivity index (χ4v) is 2.26. The summed E-state index contributed by atoms with van der Waals surface area (Å²) >= 11 is 0. The Labute approximate surface area is 105 Å². The summed E-state index contributed by atoms with van der Waals surface area (Å²) in [6.45, 7) is 9.22. The van der Waals surface area contributed by atoms with Gasteiger partial charge in [0, 0.05) is 13.1 Å². The molecular formula is C12H25ClN2O. The number of nitrogens with one attached hydrogen (secondary N) is 1. The highest BCUT2D eigenvalue weighted by Gasteiger charge is 2.29. The zero-order valence-corrected chi connectivity index (χ0v) is 11.7. The van der Waals surface area contributed by atoms with Crippen LogP contribution in [0.1, 0.15) is 33.6 Å². The number of rotatable bonds is 2. The summed E-state index contributed by atoms with van der Waals surface area (Å²) in [6, 6.07) is 0. The monoisotopic (exact) mass is 248 g/mol. The largest absolute Gasteiger partial charge is 0.342 e. The first kappa shape index (κ1) is 15.7. The van der Waals surface area contributed by atoms with Gasteiger partial charge in [0.1, 0.15) is 0 Å². The lowest BCUT2D eigenvalue weighted by Crippen LogP contribution is -2.44. The molecule has 1 heterocycles. The normalized spacial score (nSPS) is 18.1. The molecule has 96 valence electrons. The number of amides is 1. The zero-order valence-electron chi connectivity index (χ0n) is 10.9. The Balaban J connectivity index is 0.00000225. The van der Waals surface area contributed by atoms with Gasteiger partial charge in [-0.1, -0.05) is 20.8 Å². The van der Waals surface area contributed by atoms with Crippen LogP contribution < -0.4 is 5.32 Å². The summed E-state index contributed by atoms with van der Waals surface area (Å²) in [4.78, 5) is 13.6. The van der Waals surface area contributed by atoms with Crippen molar-refractivity contribution in [2.75, 3.05) is 26.7 Å². The molecule has 0 spiro atoms. The molecule has 0 aliphatic carbocycles. The molecule has 0 aromatic carbocycles. The van der Waals surface area contributed by atoms with Crippen LogP contribution in [0.15, 0.2) is 0 Å². The van der Waals surface area contributed by atoms with Crippen molar-refractivity contribution in [3.8, 4) is 0 Å². The van der Waals surface area contributed by atoms with Crippen LogP contribution in [0.5, 0.6) is 0 Å². The minimum absolute atomic E-state index is 0. The van der Waals surface area contributed by atoms with Crippen LogP contribution in [0, 0.1) is 11.3 Å². The van der Waals surface area contributed by atoms with Crippen molar-refractivity contribution in [1.82, 2.24) is 10.2 Å². The number of likely N-dealkylation sites (tertiary alicyclic amines) is 1. The third-order valence-electron chi connectivity index (χ3n) is 3.40. The van der Waals surface area contributed by atoms with Crippen molar-refractivity contribution in [2.24, 2.45) is 11.3 Å². The molecule has 0 aromatic heterocycles. The van der Waals surface area contributed by atoms with E-state index in [-0.39, 0.29) is 18.3 Å². The maximum Gasteiger partial charge on any atom is 0.236 e. The van der Waals surface area contributed by atoms with Crippen LogP contribution in [0.25, 0.3) is 0 Å². The summed E-state index contributed by atoms with van der Waals surface area (Å²) in [5.41, 5.74) is 0.387. The van der Waals surface area contributed by atoms with Crippen LogP contribution in [-0.2, 0) is 4.79 Å². The molecule has 0 radical (unpaired) electrons. The van der Waals surface area contributed by atoms with E-state index in [9.17, 15) is 4.79 Å². The summed E-state index contributed by atoms with van der Waals surface area (Å²) in [7, 11) is 1.82. The molecule has 0 unspecified atom stereocenters. The third kappa shape index (κ3) is 4.30. The lowest BCUT2D eigenvalue weighted by molar-refractivity contribution is -0.132. The van der Waals surface area contributed by atoms with Gasteiger partial charge in [0.2, 0.25) is 5.91 Å². The van der Waals surface area contributed by atoms with Gasteiger partial charge in [-0.3, -0.25) is 4.79 Å². The smallest absolute Gasteiger partial charge is 0.236 e. The van der Waals surface area contributed by atoms with Gasteiger partial charge in [0.25, 0.3) is 0 Å². The highest BCUT2D eigenvalue weighted by Crippen LogP contribution is 2.34. The standard InChI is InChI=1S/C12H24N2O.ClH/c1-12(2,3)10-5-7-14(8-6-10)11(15)9-13-4;/h10,13H,5-9H2,1-4H3;1H. The first-order chi connectivity index (χ1) is 6.95. The van der Waals surface area contributed by atoms with Gasteiger partial charge in [-0.2, -0.15) is 0 Å². The molecule has 3 nitrogen and oxygen atoms in total. The number of hydrogen-bond acceptors (Lipinski definition) is 2. The van der Waals surface area contributed by atoms with Crippen molar-refractivity contribution in [3.63, 3.8) is 0 Å². The number of carbonyl (C=O) groups excluding carboxylic acids is 1. The average molecular weight is 249 g/mol. The molecule has 0 bridgehead atoms. The number of likely N-dealkylation sites (N-methyl/N-ethyl adjacent to an activating group) is 1. The van der Waals surface area contributed by atoms with E-state index >= 15 is 0 Å². The number of hydrogen-bond donors (Lipinski definition) is 1. The molecule has 1 rings (SSSR count). The van der Waals surface area contributed by atoms with Crippen molar-refractivity contribution in [1.29, 1.82) is 0 Å². The van der Waals surface area contributed by atoms with Crippen molar-refractivity contribution in [2.45, 2.75) is 33.6 Å². The molecule has 0 atom stereocenters. The van der Waals surface area contributed by atoms with E-state index in [1.54, 1.807) is 0 Å². The summed E-state index contributed by atoms with van der Waals surface area (Å²) in [5, 5.41) is 2.92. The van der Waals surface area contributed by atoms with Crippen molar-refractivity contribution >= 4 is 18.3 Å². The Morgan fingerprint density at radius 1 is 1.31 bits per heavy atom. The molecule has 1 aliphatic rings. The van der Waals surface area contributed by atoms with Crippen molar-refractivity contribution in [3.05, 3.63) is 0 Å². The topological polar surface area (TPSA) is 32.3 Å². The van der Waals surface area contributed by atoms with Crippen LogP contribution >= 0.6 is 12.4 Å². The number of halogens is 1. The third-order valence-corrected chi connectivity index (χ3v) is 3.40. The molecule has 0 aromatic rings. The van der Waals surface area contributed by atoms with Gasteiger partial charge < -0.3 is 10.2 Å². The lowest BCUT2D eigenvalue weighted by Gasteiger charge is -2.38. The molecule has 1 aliphatic heterocycles. The zero-order chi connectivity index (χ0) is 11.5. The second-order valence-electron chi connectivity index (χ2n) is 5.55. The fraction of sp³-hybridized carbons (Fsp3) is 0.917. The molecular weight excluding hydrogens is 224 g/mol. The van der Waals surface area contributed by atoms with E-state index < -0.39 is 0 Å². The molecule has 1 amide bonds. The fourth-order valence-electron chi connectivity index (χ4n) is 2.26. The maximum absolute atomic E-state index is 11.6. The summed E-state index contributed by atoms with van der Waals surface area (Å²) in [6.07, 6.45) is 2.30. The maximum atomic E-state index is 11.6. The van der Waals surface area contributed by atoms with Crippen molar-refractivity contribution < 1.29 is 4.79 Å². The number of nitrogens with zero attached hydrogens (tertiary/aromatic N) is 1. The second kappa shape index (κ2) is 6.45. The Morgan fingerprint density at radius 3 is 2.19 bits per heavy atom. The van der Waals surface area contributed by atoms with Gasteiger partial charge in [-0.05, 0) is 31.2 Å². The van der Waals surface area contributed by atoms with E-state index in [0.29, 0.717) is 12.0 Å². The van der Waals surface area contributed by atoms with Crippen LogP contribution in [0.2, 0.25) is 0 Å². The predicted octanol–water partition coefficient (Wildman–Crippen LogP) is 1.91. The SMILES string of the molecule is CNCC(=O)N1CCC(C(C)(C)C)CC1.Cl. The molecule has 1 saturated heterocycles. The summed E-state index contributed by atoms with van der Waals surface area (Å²) < 4.78 is 0. The van der Waals surface area contributed by atoms with Crippen LogP contribution in [0.3, 0.4) is 0 Å². The Bertz CT molecular complexity index is 218. The highest BCUT2D eigenvalue weighted by atomic mass is 35.5. The van der Waals surface area contributed by atoms with E-state index in [4.69, 9.17) is 0 Å². The van der Waals surface area contributed by atoms with Gasteiger partial charge >= 0.3 is 0 Å². The molecule has 4 heteroatoms. The van der Waals surface area contributed by atoms with E-state index in [1.165, 1.54) is 0 Å². The highest BCUT2D eigenvalue weighted by molar-refractivity contribution is 5.85. The van der Waals surface area contributed by atoms with E-state index in [0.717, 1.165) is 31.8 Å². The van der Waals surface area contributed by atoms with Gasteiger partial charge in [0.05, 0.1) is 6.54 Å². The first-order valence-corrected chi connectivity index (χ1v) is 5.87. The molecule has 1 fully saturated rings. The minimum atomic E-state index is 0. The van der Waals surface area contributed by atoms with Gasteiger partial charge in [-0.15, -0.1) is 12.4 Å². The Morgan fingerprint density at radius 2 is 1.81 bits per heavy atom. The van der Waals surface area contributed by atoms with E-state index in [1.807, 2.05) is 11.9 Å². The lowest BCUT2D eigenvalue weighted by atomic mass is 9.75. The molecule has 1 N–H and O–H groups in total. The minimum Gasteiger partial charge on any atom is -0.342 e.